The summed E-state index contributed by atoms with van der Waals surface area (Å²) in [7, 11) is -3.31. The van der Waals surface area contributed by atoms with E-state index in [-0.39, 0.29) is 6.04 Å². The first-order chi connectivity index (χ1) is 8.96. The summed E-state index contributed by atoms with van der Waals surface area (Å²) in [5.74, 6) is 0. The predicted octanol–water partition coefficient (Wildman–Crippen LogP) is 4.16. The summed E-state index contributed by atoms with van der Waals surface area (Å²) in [5.41, 5.74) is 0.993. The Balaban J connectivity index is 2.31. The van der Waals surface area contributed by atoms with Gasteiger partial charge in [-0.3, -0.25) is 0 Å². The monoisotopic (exact) mass is 365 g/mol. The summed E-state index contributed by atoms with van der Waals surface area (Å²) in [4.78, 5) is 0. The average Bonchev–Trinajstić information content (AvgIpc) is 2.71. The van der Waals surface area contributed by atoms with Gasteiger partial charge in [0.05, 0.1) is 3.79 Å². The molecule has 6 heteroatoms. The number of halogens is 1. The number of aryl methyl sites for hydroxylation is 1. The molecule has 1 aromatic heterocycles. The van der Waals surface area contributed by atoms with E-state index in [2.05, 4.69) is 22.9 Å². The molecule has 1 saturated heterocycles. The lowest BCUT2D eigenvalue weighted by molar-refractivity contribution is 0.240. The molecule has 0 radical (unpaired) electrons. The van der Waals surface area contributed by atoms with E-state index in [1.54, 1.807) is 10.4 Å². The number of hydrogen-bond acceptors (Lipinski definition) is 3. The molecule has 1 aliphatic rings. The van der Waals surface area contributed by atoms with E-state index in [4.69, 9.17) is 0 Å². The van der Waals surface area contributed by atoms with Crippen LogP contribution in [0.1, 0.15) is 44.6 Å². The van der Waals surface area contributed by atoms with Gasteiger partial charge in [0.25, 0.3) is 10.0 Å². The van der Waals surface area contributed by atoms with Gasteiger partial charge >= 0.3 is 0 Å². The van der Waals surface area contributed by atoms with Crippen LogP contribution < -0.4 is 0 Å². The van der Waals surface area contributed by atoms with Gasteiger partial charge in [-0.1, -0.05) is 19.8 Å². The molecule has 2 rings (SSSR count). The lowest BCUT2D eigenvalue weighted by Gasteiger charge is -2.34. The van der Waals surface area contributed by atoms with E-state index >= 15 is 0 Å². The van der Waals surface area contributed by atoms with Crippen LogP contribution in [0.15, 0.2) is 14.1 Å². The van der Waals surface area contributed by atoms with Crippen molar-refractivity contribution in [2.45, 2.75) is 56.2 Å². The first-order valence-electron chi connectivity index (χ1n) is 6.74. The summed E-state index contributed by atoms with van der Waals surface area (Å²) in [5, 5.41) is 0. The van der Waals surface area contributed by atoms with Crippen LogP contribution >= 0.6 is 27.3 Å². The van der Waals surface area contributed by atoms with Gasteiger partial charge in [-0.25, -0.2) is 8.42 Å². The van der Waals surface area contributed by atoms with Crippen molar-refractivity contribution in [3.63, 3.8) is 0 Å². The van der Waals surface area contributed by atoms with Gasteiger partial charge in [-0.05, 0) is 53.7 Å². The Morgan fingerprint density at radius 1 is 1.47 bits per heavy atom. The molecule has 3 nitrogen and oxygen atoms in total. The summed E-state index contributed by atoms with van der Waals surface area (Å²) >= 11 is 4.74. The van der Waals surface area contributed by atoms with Gasteiger partial charge in [-0.2, -0.15) is 4.31 Å². The Hall–Kier alpha value is 0.0900. The molecule has 1 unspecified atom stereocenters. The lowest BCUT2D eigenvalue weighted by Crippen LogP contribution is -2.43. The van der Waals surface area contributed by atoms with Crippen LogP contribution in [0.5, 0.6) is 0 Å². The van der Waals surface area contributed by atoms with Crippen molar-refractivity contribution >= 4 is 37.3 Å². The highest BCUT2D eigenvalue weighted by Crippen LogP contribution is 2.35. The minimum Gasteiger partial charge on any atom is -0.206 e. The van der Waals surface area contributed by atoms with Crippen molar-refractivity contribution in [3.8, 4) is 0 Å². The van der Waals surface area contributed by atoms with Crippen molar-refractivity contribution in [3.05, 3.63) is 15.4 Å². The number of sulfonamides is 1. The van der Waals surface area contributed by atoms with Gasteiger partial charge < -0.3 is 0 Å². The third-order valence-electron chi connectivity index (χ3n) is 3.59. The van der Waals surface area contributed by atoms with Crippen molar-refractivity contribution < 1.29 is 8.42 Å². The Labute approximate surface area is 128 Å². The number of piperidine rings is 1. The highest BCUT2D eigenvalue weighted by atomic mass is 79.9. The molecule has 1 fully saturated rings. The maximum absolute atomic E-state index is 12.8. The van der Waals surface area contributed by atoms with Crippen LogP contribution in [-0.2, 0) is 10.0 Å². The van der Waals surface area contributed by atoms with Crippen LogP contribution in [0.3, 0.4) is 0 Å². The topological polar surface area (TPSA) is 37.4 Å². The zero-order valence-electron chi connectivity index (χ0n) is 11.4. The fraction of sp³-hybridized carbons (Fsp3) is 0.692. The fourth-order valence-electron chi connectivity index (χ4n) is 2.59. The van der Waals surface area contributed by atoms with Gasteiger partial charge in [-0.15, -0.1) is 11.3 Å². The third-order valence-corrected chi connectivity index (χ3v) is 8.13. The van der Waals surface area contributed by atoms with E-state index in [1.807, 2.05) is 6.92 Å². The highest BCUT2D eigenvalue weighted by molar-refractivity contribution is 9.11. The van der Waals surface area contributed by atoms with Gasteiger partial charge in [0, 0.05) is 12.6 Å². The first kappa shape index (κ1) is 15.5. The molecule has 108 valence electrons. The molecule has 0 spiro atoms. The van der Waals surface area contributed by atoms with Crippen molar-refractivity contribution in [2.75, 3.05) is 6.54 Å². The standard InChI is InChI=1S/C13H20BrNO2S2/c1-3-6-11-7-4-5-8-15(11)19(16,17)12-9-10(2)13(14)18-12/h9,11H,3-8H2,1-2H3. The highest BCUT2D eigenvalue weighted by Gasteiger charge is 2.34. The number of hydrogen-bond donors (Lipinski definition) is 0. The normalized spacial score (nSPS) is 21.7. The molecular weight excluding hydrogens is 346 g/mol. The molecule has 0 amide bonds. The zero-order valence-corrected chi connectivity index (χ0v) is 14.6. The Morgan fingerprint density at radius 3 is 2.79 bits per heavy atom. The SMILES string of the molecule is CCCC1CCCCN1S(=O)(=O)c1cc(C)c(Br)s1. The van der Waals surface area contributed by atoms with Gasteiger partial charge in [0.2, 0.25) is 0 Å². The average molecular weight is 366 g/mol. The largest absolute Gasteiger partial charge is 0.252 e. The Bertz CT molecular complexity index is 517. The predicted molar refractivity (Wildman–Crippen MR) is 83.2 cm³/mol. The second-order valence-electron chi connectivity index (χ2n) is 5.08. The molecule has 2 heterocycles. The van der Waals surface area contributed by atoms with Crippen molar-refractivity contribution in [1.29, 1.82) is 0 Å². The number of nitrogens with zero attached hydrogens (tertiary/aromatic N) is 1. The van der Waals surface area contributed by atoms with E-state index in [1.165, 1.54) is 11.3 Å². The van der Waals surface area contributed by atoms with E-state index in [0.29, 0.717) is 10.8 Å². The molecular formula is C13H20BrNO2S2. The molecule has 0 bridgehead atoms. The van der Waals surface area contributed by atoms with Gasteiger partial charge in [0.15, 0.2) is 0 Å². The van der Waals surface area contributed by atoms with E-state index < -0.39 is 10.0 Å². The second-order valence-corrected chi connectivity index (χ2v) is 9.56. The molecule has 0 aliphatic carbocycles. The number of thiophene rings is 1. The second kappa shape index (κ2) is 6.24. The molecule has 19 heavy (non-hydrogen) atoms. The summed E-state index contributed by atoms with van der Waals surface area (Å²) in [6, 6.07) is 1.96. The van der Waals surface area contributed by atoms with Gasteiger partial charge in [0.1, 0.15) is 4.21 Å². The number of rotatable bonds is 4. The quantitative estimate of drug-likeness (QED) is 0.802. The van der Waals surface area contributed by atoms with Crippen LogP contribution in [0.25, 0.3) is 0 Å². The van der Waals surface area contributed by atoms with Crippen LogP contribution in [0, 0.1) is 6.92 Å². The molecule has 1 atom stereocenters. The molecule has 1 aromatic rings. The summed E-state index contributed by atoms with van der Waals surface area (Å²) in [6.45, 7) is 4.71. The minimum absolute atomic E-state index is 0.185. The fourth-order valence-corrected chi connectivity index (χ4v) is 6.67. The minimum atomic E-state index is -3.31. The lowest BCUT2D eigenvalue weighted by atomic mass is 10.0. The van der Waals surface area contributed by atoms with Crippen molar-refractivity contribution in [1.82, 2.24) is 4.31 Å². The molecule has 1 aliphatic heterocycles. The van der Waals surface area contributed by atoms with Crippen LogP contribution in [0.2, 0.25) is 0 Å². The molecule has 0 N–H and O–H groups in total. The van der Waals surface area contributed by atoms with Crippen LogP contribution in [-0.4, -0.2) is 25.3 Å². The Morgan fingerprint density at radius 2 is 2.21 bits per heavy atom. The summed E-state index contributed by atoms with van der Waals surface area (Å²) < 4.78 is 28.6. The maximum Gasteiger partial charge on any atom is 0.252 e. The smallest absolute Gasteiger partial charge is 0.206 e. The molecule has 0 aromatic carbocycles. The molecule has 0 saturated carbocycles. The zero-order chi connectivity index (χ0) is 14.0. The third kappa shape index (κ3) is 3.23. The maximum atomic E-state index is 12.8. The van der Waals surface area contributed by atoms with Crippen LogP contribution in [0.4, 0.5) is 0 Å². The summed E-state index contributed by atoms with van der Waals surface area (Å²) in [6.07, 6.45) is 5.11. The van der Waals surface area contributed by atoms with E-state index in [9.17, 15) is 8.42 Å². The first-order valence-corrected chi connectivity index (χ1v) is 9.79. The van der Waals surface area contributed by atoms with E-state index in [0.717, 1.165) is 41.5 Å². The Kier molecular flexibility index (Phi) is 5.09. The van der Waals surface area contributed by atoms with Crippen molar-refractivity contribution in [2.24, 2.45) is 0 Å².